The molecule has 1 aromatic heterocycles. The fourth-order valence-electron chi connectivity index (χ4n) is 1.25. The van der Waals surface area contributed by atoms with Crippen LogP contribution in [0.1, 0.15) is 16.1 Å². The molecule has 6 nitrogen and oxygen atoms in total. The number of nitrogens with two attached hydrogens (primary N) is 1. The van der Waals surface area contributed by atoms with Gasteiger partial charge in [-0.15, -0.1) is 0 Å². The Morgan fingerprint density at radius 3 is 2.94 bits per heavy atom. The summed E-state index contributed by atoms with van der Waals surface area (Å²) in [7, 11) is 1.58. The zero-order valence-electron chi connectivity index (χ0n) is 9.21. The molecular formula is C10H14N4O2. The van der Waals surface area contributed by atoms with Gasteiger partial charge >= 0.3 is 0 Å². The third-order valence-electron chi connectivity index (χ3n) is 2.02. The molecule has 0 fully saturated rings. The Kier molecular flexibility index (Phi) is 3.82. The van der Waals surface area contributed by atoms with Gasteiger partial charge < -0.3 is 15.8 Å². The highest BCUT2D eigenvalue weighted by Crippen LogP contribution is 2.04. The summed E-state index contributed by atoms with van der Waals surface area (Å²) in [6.07, 6.45) is 1.57. The van der Waals surface area contributed by atoms with Crippen molar-refractivity contribution in [1.82, 2.24) is 9.88 Å². The number of rotatable bonds is 3. The van der Waals surface area contributed by atoms with Crippen LogP contribution in [-0.2, 0) is 0 Å². The zero-order valence-corrected chi connectivity index (χ0v) is 9.21. The van der Waals surface area contributed by atoms with Crippen LogP contribution in [0.2, 0.25) is 0 Å². The predicted molar refractivity (Wildman–Crippen MR) is 59.3 cm³/mol. The number of pyridine rings is 1. The van der Waals surface area contributed by atoms with E-state index >= 15 is 0 Å². The SMILES string of the molecule is Cc1cc(C(=O)N(C)C/C(N)=N/O)ccn1. The van der Waals surface area contributed by atoms with Gasteiger partial charge in [0.15, 0.2) is 5.84 Å². The van der Waals surface area contributed by atoms with E-state index < -0.39 is 0 Å². The van der Waals surface area contributed by atoms with Crippen LogP contribution in [0.4, 0.5) is 0 Å². The van der Waals surface area contributed by atoms with Crippen LogP contribution in [0.5, 0.6) is 0 Å². The summed E-state index contributed by atoms with van der Waals surface area (Å²) >= 11 is 0. The predicted octanol–water partition coefficient (Wildman–Crippen LogP) is 0.208. The standard InChI is InChI=1S/C10H14N4O2/c1-7-5-8(3-4-12-7)10(15)14(2)6-9(11)13-16/h3-5,16H,6H2,1-2H3,(H2,11,13). The Hall–Kier alpha value is -2.11. The molecule has 6 heteroatoms. The molecule has 1 aromatic rings. The van der Waals surface area contributed by atoms with Crippen molar-refractivity contribution in [2.75, 3.05) is 13.6 Å². The van der Waals surface area contributed by atoms with E-state index in [9.17, 15) is 4.79 Å². The van der Waals surface area contributed by atoms with Gasteiger partial charge in [0.25, 0.3) is 5.91 Å². The van der Waals surface area contributed by atoms with E-state index in [0.717, 1.165) is 5.69 Å². The molecule has 0 aliphatic rings. The van der Waals surface area contributed by atoms with Crippen LogP contribution in [-0.4, -0.2) is 40.4 Å². The third kappa shape index (κ3) is 2.94. The smallest absolute Gasteiger partial charge is 0.254 e. The molecule has 1 rings (SSSR count). The van der Waals surface area contributed by atoms with Crippen molar-refractivity contribution in [2.45, 2.75) is 6.92 Å². The monoisotopic (exact) mass is 222 g/mol. The molecule has 3 N–H and O–H groups in total. The number of carbonyl (C=O) groups excluding carboxylic acids is 1. The maximum atomic E-state index is 11.9. The van der Waals surface area contributed by atoms with Crippen molar-refractivity contribution in [2.24, 2.45) is 10.9 Å². The van der Waals surface area contributed by atoms with Crippen LogP contribution in [0.25, 0.3) is 0 Å². The number of amides is 1. The van der Waals surface area contributed by atoms with E-state index in [1.54, 1.807) is 32.3 Å². The summed E-state index contributed by atoms with van der Waals surface area (Å²) in [5, 5.41) is 11.2. The number of carbonyl (C=O) groups is 1. The molecule has 0 saturated heterocycles. The van der Waals surface area contributed by atoms with Crippen molar-refractivity contribution in [3.63, 3.8) is 0 Å². The Morgan fingerprint density at radius 1 is 1.69 bits per heavy atom. The van der Waals surface area contributed by atoms with Crippen LogP contribution < -0.4 is 5.73 Å². The summed E-state index contributed by atoms with van der Waals surface area (Å²) in [5.41, 5.74) is 6.61. The highest BCUT2D eigenvalue weighted by molar-refractivity contribution is 5.96. The van der Waals surface area contributed by atoms with Crippen LogP contribution in [0, 0.1) is 6.92 Å². The lowest BCUT2D eigenvalue weighted by Gasteiger charge is -2.16. The number of oxime groups is 1. The van der Waals surface area contributed by atoms with Crippen molar-refractivity contribution in [3.8, 4) is 0 Å². The van der Waals surface area contributed by atoms with Gasteiger partial charge in [-0.25, -0.2) is 0 Å². The van der Waals surface area contributed by atoms with Crippen molar-refractivity contribution in [1.29, 1.82) is 0 Å². The number of hydrogen-bond acceptors (Lipinski definition) is 4. The molecule has 0 aliphatic heterocycles. The first-order chi connectivity index (χ1) is 7.54. The number of likely N-dealkylation sites (N-methyl/N-ethyl adjacent to an activating group) is 1. The van der Waals surface area contributed by atoms with E-state index in [0.29, 0.717) is 5.56 Å². The van der Waals surface area contributed by atoms with Crippen LogP contribution in [0.3, 0.4) is 0 Å². The topological polar surface area (TPSA) is 91.8 Å². The summed E-state index contributed by atoms with van der Waals surface area (Å²) in [6.45, 7) is 1.89. The Labute approximate surface area is 93.4 Å². The Bertz CT molecular complexity index is 417. The number of amidine groups is 1. The molecule has 0 saturated carbocycles. The summed E-state index contributed by atoms with van der Waals surface area (Å²) in [5.74, 6) is -0.210. The van der Waals surface area contributed by atoms with Crippen molar-refractivity contribution >= 4 is 11.7 Å². The molecule has 0 spiro atoms. The fourth-order valence-corrected chi connectivity index (χ4v) is 1.25. The van der Waals surface area contributed by atoms with E-state index in [-0.39, 0.29) is 18.3 Å². The number of aryl methyl sites for hydroxylation is 1. The highest BCUT2D eigenvalue weighted by Gasteiger charge is 2.12. The van der Waals surface area contributed by atoms with Gasteiger partial charge in [-0.2, -0.15) is 0 Å². The minimum absolute atomic E-state index is 0.0124. The maximum absolute atomic E-state index is 11.9. The lowest BCUT2D eigenvalue weighted by atomic mass is 10.2. The second kappa shape index (κ2) is 5.11. The molecule has 0 unspecified atom stereocenters. The molecule has 0 atom stereocenters. The molecule has 0 aliphatic carbocycles. The second-order valence-corrected chi connectivity index (χ2v) is 3.44. The largest absolute Gasteiger partial charge is 0.409 e. The van der Waals surface area contributed by atoms with Gasteiger partial charge in [0, 0.05) is 24.5 Å². The summed E-state index contributed by atoms with van der Waals surface area (Å²) < 4.78 is 0. The average molecular weight is 222 g/mol. The Morgan fingerprint density at radius 2 is 2.38 bits per heavy atom. The van der Waals surface area contributed by atoms with Gasteiger partial charge in [0.2, 0.25) is 0 Å². The molecule has 1 heterocycles. The molecule has 16 heavy (non-hydrogen) atoms. The first kappa shape index (κ1) is 12.0. The van der Waals surface area contributed by atoms with Gasteiger partial charge in [-0.3, -0.25) is 9.78 Å². The van der Waals surface area contributed by atoms with Crippen LogP contribution in [0.15, 0.2) is 23.5 Å². The first-order valence-electron chi connectivity index (χ1n) is 4.69. The number of hydrogen-bond donors (Lipinski definition) is 2. The van der Waals surface area contributed by atoms with Crippen molar-refractivity contribution in [3.05, 3.63) is 29.6 Å². The second-order valence-electron chi connectivity index (χ2n) is 3.44. The Balaban J connectivity index is 2.78. The number of nitrogens with zero attached hydrogens (tertiary/aromatic N) is 3. The van der Waals surface area contributed by atoms with E-state index in [2.05, 4.69) is 10.1 Å². The molecule has 0 bridgehead atoms. The van der Waals surface area contributed by atoms with E-state index in [1.807, 2.05) is 0 Å². The van der Waals surface area contributed by atoms with Gasteiger partial charge in [0.05, 0.1) is 6.54 Å². The normalized spacial score (nSPS) is 11.2. The molecule has 0 radical (unpaired) electrons. The molecule has 86 valence electrons. The number of aromatic nitrogens is 1. The third-order valence-corrected chi connectivity index (χ3v) is 2.02. The van der Waals surface area contributed by atoms with Gasteiger partial charge in [-0.05, 0) is 19.1 Å². The van der Waals surface area contributed by atoms with Crippen LogP contribution >= 0.6 is 0 Å². The highest BCUT2D eigenvalue weighted by atomic mass is 16.4. The maximum Gasteiger partial charge on any atom is 0.254 e. The first-order valence-corrected chi connectivity index (χ1v) is 4.69. The average Bonchev–Trinajstić information content (AvgIpc) is 2.27. The fraction of sp³-hybridized carbons (Fsp3) is 0.300. The summed E-state index contributed by atoms with van der Waals surface area (Å²) in [4.78, 5) is 17.2. The van der Waals surface area contributed by atoms with Crippen molar-refractivity contribution < 1.29 is 10.0 Å². The summed E-state index contributed by atoms with van der Waals surface area (Å²) in [6, 6.07) is 3.31. The minimum Gasteiger partial charge on any atom is -0.409 e. The lowest BCUT2D eigenvalue weighted by molar-refractivity contribution is 0.0813. The van der Waals surface area contributed by atoms with E-state index in [1.165, 1.54) is 4.90 Å². The lowest BCUT2D eigenvalue weighted by Crippen LogP contribution is -2.35. The molecular weight excluding hydrogens is 208 g/mol. The van der Waals surface area contributed by atoms with Gasteiger partial charge in [-0.1, -0.05) is 5.16 Å². The minimum atomic E-state index is -0.197. The quantitative estimate of drug-likeness (QED) is 0.331. The molecule has 0 aromatic carbocycles. The molecule has 1 amide bonds. The zero-order chi connectivity index (χ0) is 12.1. The van der Waals surface area contributed by atoms with E-state index in [4.69, 9.17) is 10.9 Å². The van der Waals surface area contributed by atoms with Gasteiger partial charge in [0.1, 0.15) is 0 Å².